The first-order chi connectivity index (χ1) is 13.2. The fourth-order valence-electron chi connectivity index (χ4n) is 3.67. The van der Waals surface area contributed by atoms with E-state index in [4.69, 9.17) is 4.74 Å². The van der Waals surface area contributed by atoms with Crippen molar-refractivity contribution >= 4 is 33.1 Å². The van der Waals surface area contributed by atoms with Gasteiger partial charge in [0.25, 0.3) is 0 Å². The number of nitriles is 1. The van der Waals surface area contributed by atoms with E-state index in [2.05, 4.69) is 11.4 Å². The highest BCUT2D eigenvalue weighted by Gasteiger charge is 2.21. The van der Waals surface area contributed by atoms with Gasteiger partial charge in [-0.3, -0.25) is 4.79 Å². The van der Waals surface area contributed by atoms with Gasteiger partial charge in [0, 0.05) is 22.0 Å². The van der Waals surface area contributed by atoms with E-state index in [1.807, 2.05) is 42.0 Å². The number of fused-ring (bicyclic) bond motifs is 2. The number of hydrogen-bond acceptors (Lipinski definition) is 4. The molecule has 2 heterocycles. The lowest BCUT2D eigenvalue weighted by molar-refractivity contribution is -0.116. The number of carbonyl (C=O) groups is 1. The zero-order valence-electron chi connectivity index (χ0n) is 15.2. The molecule has 1 aliphatic carbocycles. The zero-order valence-corrected chi connectivity index (χ0v) is 16.1. The first-order valence-corrected chi connectivity index (χ1v) is 10.1. The van der Waals surface area contributed by atoms with Crippen LogP contribution in [0.5, 0.6) is 5.75 Å². The van der Waals surface area contributed by atoms with Crippen LogP contribution in [0, 0.1) is 11.3 Å². The van der Waals surface area contributed by atoms with Crippen LogP contribution in [0.2, 0.25) is 0 Å². The Labute approximate surface area is 162 Å². The number of nitrogens with zero attached hydrogens (tertiary/aromatic N) is 2. The van der Waals surface area contributed by atoms with Crippen LogP contribution in [0.4, 0.5) is 5.00 Å². The number of carbonyl (C=O) groups excluding carboxylic acids is 1. The summed E-state index contributed by atoms with van der Waals surface area (Å²) in [7, 11) is 0. The molecule has 2 aromatic heterocycles. The quantitative estimate of drug-likeness (QED) is 0.710. The third-order valence-electron chi connectivity index (χ3n) is 4.90. The number of rotatable bonds is 5. The minimum absolute atomic E-state index is 0.114. The average molecular weight is 379 g/mol. The highest BCUT2D eigenvalue weighted by Crippen LogP contribution is 2.37. The van der Waals surface area contributed by atoms with Crippen molar-refractivity contribution in [2.75, 3.05) is 11.9 Å². The van der Waals surface area contributed by atoms with Gasteiger partial charge in [-0.1, -0.05) is 0 Å². The molecule has 0 radical (unpaired) electrons. The van der Waals surface area contributed by atoms with Crippen LogP contribution < -0.4 is 10.1 Å². The highest BCUT2D eigenvalue weighted by atomic mass is 32.1. The zero-order chi connectivity index (χ0) is 18.8. The number of aryl methyl sites for hydroxylation is 1. The van der Waals surface area contributed by atoms with Crippen LogP contribution in [0.3, 0.4) is 0 Å². The maximum Gasteiger partial charge on any atom is 0.244 e. The molecule has 0 bridgehead atoms. The van der Waals surface area contributed by atoms with E-state index in [1.165, 1.54) is 4.88 Å². The predicted octanol–water partition coefficient (Wildman–Crippen LogP) is 4.49. The van der Waals surface area contributed by atoms with Gasteiger partial charge in [0.1, 0.15) is 23.4 Å². The van der Waals surface area contributed by atoms with Crippen LogP contribution in [-0.2, 0) is 24.2 Å². The van der Waals surface area contributed by atoms with Crippen molar-refractivity contribution in [3.05, 3.63) is 46.5 Å². The van der Waals surface area contributed by atoms with Gasteiger partial charge in [-0.05, 0) is 62.4 Å². The summed E-state index contributed by atoms with van der Waals surface area (Å²) < 4.78 is 7.45. The number of nitrogens with one attached hydrogen (secondary N) is 1. The standard InChI is InChI=1S/C21H21N3O2S/c1-2-26-15-7-8-18-14(11-15)9-10-24(18)13-20(25)23-21-17(12-22)16-5-3-4-6-19(16)27-21/h7-11H,2-6,13H2,1H3,(H,23,25). The molecule has 1 amide bonds. The van der Waals surface area contributed by atoms with E-state index in [0.717, 1.165) is 47.9 Å². The van der Waals surface area contributed by atoms with Gasteiger partial charge in [0.05, 0.1) is 12.2 Å². The van der Waals surface area contributed by atoms with Gasteiger partial charge in [-0.25, -0.2) is 0 Å². The second kappa shape index (κ2) is 7.45. The van der Waals surface area contributed by atoms with E-state index in [-0.39, 0.29) is 12.5 Å². The van der Waals surface area contributed by atoms with Crippen molar-refractivity contribution in [3.8, 4) is 11.8 Å². The molecule has 0 unspecified atom stereocenters. The molecule has 4 rings (SSSR count). The molecular formula is C21H21N3O2S. The molecule has 0 spiro atoms. The molecule has 0 saturated heterocycles. The minimum atomic E-state index is -0.114. The molecule has 1 aromatic carbocycles. The van der Waals surface area contributed by atoms with Gasteiger partial charge >= 0.3 is 0 Å². The van der Waals surface area contributed by atoms with Crippen LogP contribution in [0.15, 0.2) is 30.5 Å². The number of aromatic nitrogens is 1. The molecule has 138 valence electrons. The number of ether oxygens (including phenoxy) is 1. The van der Waals surface area contributed by atoms with Crippen molar-refractivity contribution in [3.63, 3.8) is 0 Å². The fraction of sp³-hybridized carbons (Fsp3) is 0.333. The van der Waals surface area contributed by atoms with Gasteiger partial charge in [0.2, 0.25) is 5.91 Å². The van der Waals surface area contributed by atoms with Crippen molar-refractivity contribution in [2.45, 2.75) is 39.2 Å². The Bertz CT molecular complexity index is 1040. The summed E-state index contributed by atoms with van der Waals surface area (Å²) in [4.78, 5) is 13.9. The fourth-order valence-corrected chi connectivity index (χ4v) is 4.92. The maximum absolute atomic E-state index is 12.6. The summed E-state index contributed by atoms with van der Waals surface area (Å²) in [5.41, 5.74) is 2.78. The Hall–Kier alpha value is -2.78. The number of anilines is 1. The van der Waals surface area contributed by atoms with Crippen LogP contribution in [0.1, 0.15) is 35.8 Å². The first kappa shape index (κ1) is 17.6. The second-order valence-electron chi connectivity index (χ2n) is 6.67. The summed E-state index contributed by atoms with van der Waals surface area (Å²) in [5, 5.41) is 14.2. The summed E-state index contributed by atoms with van der Waals surface area (Å²) in [6, 6.07) is 10.1. The predicted molar refractivity (Wildman–Crippen MR) is 107 cm³/mol. The lowest BCUT2D eigenvalue weighted by Gasteiger charge is -2.09. The Morgan fingerprint density at radius 3 is 3.00 bits per heavy atom. The smallest absolute Gasteiger partial charge is 0.244 e. The molecule has 1 aliphatic rings. The average Bonchev–Trinajstić information content (AvgIpc) is 3.22. The van der Waals surface area contributed by atoms with Gasteiger partial charge < -0.3 is 14.6 Å². The van der Waals surface area contributed by atoms with E-state index in [1.54, 1.807) is 11.3 Å². The van der Waals surface area contributed by atoms with Crippen LogP contribution >= 0.6 is 11.3 Å². The lowest BCUT2D eigenvalue weighted by atomic mass is 9.96. The van der Waals surface area contributed by atoms with Crippen molar-refractivity contribution in [1.82, 2.24) is 4.57 Å². The largest absolute Gasteiger partial charge is 0.494 e. The van der Waals surface area contributed by atoms with Crippen molar-refractivity contribution in [2.24, 2.45) is 0 Å². The monoisotopic (exact) mass is 379 g/mol. The first-order valence-electron chi connectivity index (χ1n) is 9.25. The van der Waals surface area contributed by atoms with Crippen molar-refractivity contribution in [1.29, 1.82) is 5.26 Å². The molecule has 0 aliphatic heterocycles. The molecule has 1 N–H and O–H groups in total. The molecule has 27 heavy (non-hydrogen) atoms. The normalized spacial score (nSPS) is 13.2. The summed E-state index contributed by atoms with van der Waals surface area (Å²) in [6.07, 6.45) is 6.13. The molecule has 0 saturated carbocycles. The molecule has 0 fully saturated rings. The third kappa shape index (κ3) is 3.43. The molecule has 5 nitrogen and oxygen atoms in total. The van der Waals surface area contributed by atoms with Crippen LogP contribution in [0.25, 0.3) is 10.9 Å². The lowest BCUT2D eigenvalue weighted by Crippen LogP contribution is -2.18. The molecule has 3 aromatic rings. The summed E-state index contributed by atoms with van der Waals surface area (Å²) in [5.74, 6) is 0.714. The van der Waals surface area contributed by atoms with E-state index in [9.17, 15) is 10.1 Å². The number of amides is 1. The Morgan fingerprint density at radius 1 is 1.33 bits per heavy atom. The van der Waals surface area contributed by atoms with Gasteiger partial charge in [-0.2, -0.15) is 5.26 Å². The number of benzene rings is 1. The third-order valence-corrected chi connectivity index (χ3v) is 6.11. The SMILES string of the molecule is CCOc1ccc2c(ccn2CC(=O)Nc2sc3c(c2C#N)CCCC3)c1. The molecular weight excluding hydrogens is 358 g/mol. The van der Waals surface area contributed by atoms with E-state index in [0.29, 0.717) is 17.2 Å². The topological polar surface area (TPSA) is 67.0 Å². The Morgan fingerprint density at radius 2 is 2.19 bits per heavy atom. The highest BCUT2D eigenvalue weighted by molar-refractivity contribution is 7.16. The van der Waals surface area contributed by atoms with E-state index < -0.39 is 0 Å². The molecule has 6 heteroatoms. The Balaban J connectivity index is 1.53. The van der Waals surface area contributed by atoms with Crippen molar-refractivity contribution < 1.29 is 9.53 Å². The minimum Gasteiger partial charge on any atom is -0.494 e. The van der Waals surface area contributed by atoms with Crippen LogP contribution in [-0.4, -0.2) is 17.1 Å². The summed E-state index contributed by atoms with van der Waals surface area (Å²) >= 11 is 1.56. The second-order valence-corrected chi connectivity index (χ2v) is 7.78. The maximum atomic E-state index is 12.6. The van der Waals surface area contributed by atoms with E-state index >= 15 is 0 Å². The number of thiophene rings is 1. The van der Waals surface area contributed by atoms with Gasteiger partial charge in [-0.15, -0.1) is 11.3 Å². The Kier molecular flexibility index (Phi) is 4.87. The van der Waals surface area contributed by atoms with Gasteiger partial charge in [0.15, 0.2) is 0 Å². The number of hydrogen-bond donors (Lipinski definition) is 1. The summed E-state index contributed by atoms with van der Waals surface area (Å²) in [6.45, 7) is 2.79. The molecule has 0 atom stereocenters.